The van der Waals surface area contributed by atoms with E-state index in [9.17, 15) is 9.59 Å². The number of aryl methyl sites for hydroxylation is 2. The van der Waals surface area contributed by atoms with Gasteiger partial charge < -0.3 is 14.7 Å². The van der Waals surface area contributed by atoms with Gasteiger partial charge in [-0.25, -0.2) is 0 Å². The number of rotatable bonds is 4. The first-order valence-corrected chi connectivity index (χ1v) is 8.90. The van der Waals surface area contributed by atoms with E-state index in [1.54, 1.807) is 4.90 Å². The number of piperazine rings is 1. The van der Waals surface area contributed by atoms with Gasteiger partial charge in [0, 0.05) is 30.0 Å². The molecule has 0 saturated carbocycles. The Morgan fingerprint density at radius 2 is 2.33 bits per heavy atom. The summed E-state index contributed by atoms with van der Waals surface area (Å²) in [5.74, 6) is 0.620. The van der Waals surface area contributed by atoms with Gasteiger partial charge >= 0.3 is 0 Å². The van der Waals surface area contributed by atoms with Crippen LogP contribution in [0.3, 0.4) is 0 Å². The first-order chi connectivity index (χ1) is 11.5. The third kappa shape index (κ3) is 3.08. The number of carbonyl (C=O) groups excluding carboxylic acids is 2. The van der Waals surface area contributed by atoms with Gasteiger partial charge in [0.15, 0.2) is 0 Å². The summed E-state index contributed by atoms with van der Waals surface area (Å²) in [5.41, 5.74) is 1.80. The van der Waals surface area contributed by atoms with Crippen LogP contribution in [0.25, 0.3) is 0 Å². The smallest absolute Gasteiger partial charge is 0.248 e. The van der Waals surface area contributed by atoms with Gasteiger partial charge in [0.2, 0.25) is 11.8 Å². The summed E-state index contributed by atoms with van der Waals surface area (Å²) in [6, 6.07) is 3.28. The van der Waals surface area contributed by atoms with Gasteiger partial charge in [-0.15, -0.1) is 11.3 Å². The van der Waals surface area contributed by atoms with Gasteiger partial charge in [-0.1, -0.05) is 18.1 Å². The minimum Gasteiger partial charge on any atom is -0.361 e. The summed E-state index contributed by atoms with van der Waals surface area (Å²) in [5, 5.41) is 8.74. The minimum absolute atomic E-state index is 0.00211. The molecule has 2 unspecified atom stereocenters. The van der Waals surface area contributed by atoms with Gasteiger partial charge in [0.1, 0.15) is 11.8 Å². The van der Waals surface area contributed by atoms with E-state index in [0.717, 1.165) is 21.9 Å². The van der Waals surface area contributed by atoms with E-state index in [4.69, 9.17) is 4.52 Å². The molecule has 2 atom stereocenters. The second-order valence-electron chi connectivity index (χ2n) is 6.14. The fourth-order valence-corrected chi connectivity index (χ4v) is 4.17. The zero-order valence-corrected chi connectivity index (χ0v) is 14.9. The highest BCUT2D eigenvalue weighted by atomic mass is 32.1. The highest BCUT2D eigenvalue weighted by molar-refractivity contribution is 7.10. The quantitative estimate of drug-likeness (QED) is 0.922. The van der Waals surface area contributed by atoms with Crippen LogP contribution in [0.4, 0.5) is 0 Å². The first kappa shape index (κ1) is 16.7. The summed E-state index contributed by atoms with van der Waals surface area (Å²) in [6.45, 7) is 6.76. The van der Waals surface area contributed by atoms with Gasteiger partial charge in [-0.05, 0) is 31.2 Å². The number of nitrogens with zero attached hydrogens (tertiary/aromatic N) is 2. The fourth-order valence-electron chi connectivity index (χ4n) is 3.34. The third-order valence-corrected chi connectivity index (χ3v) is 5.33. The second kappa shape index (κ2) is 6.76. The first-order valence-electron chi connectivity index (χ1n) is 8.02. The van der Waals surface area contributed by atoms with Crippen LogP contribution in [-0.4, -0.2) is 35.0 Å². The van der Waals surface area contributed by atoms with E-state index in [2.05, 4.69) is 10.5 Å². The maximum absolute atomic E-state index is 12.9. The molecule has 1 fully saturated rings. The molecule has 6 nitrogen and oxygen atoms in total. The molecule has 0 radical (unpaired) electrons. The van der Waals surface area contributed by atoms with Gasteiger partial charge in [0.25, 0.3) is 0 Å². The number of thiophene rings is 1. The average Bonchev–Trinajstić information content (AvgIpc) is 3.17. The number of amides is 2. The molecule has 2 aromatic rings. The lowest BCUT2D eigenvalue weighted by molar-refractivity contribution is -0.143. The molecule has 1 saturated heterocycles. The normalized spacial score (nSPS) is 19.2. The fraction of sp³-hybridized carbons (Fsp3) is 0.471. The molecule has 0 spiro atoms. The number of nitrogens with one attached hydrogen (secondary N) is 1. The number of hydrogen-bond donors (Lipinski definition) is 1. The van der Waals surface area contributed by atoms with Crippen molar-refractivity contribution in [3.8, 4) is 0 Å². The minimum atomic E-state index is -0.525. The summed E-state index contributed by atoms with van der Waals surface area (Å²) in [6.07, 6.45) is 0.331. The average molecular weight is 347 g/mol. The zero-order chi connectivity index (χ0) is 17.3. The Hall–Kier alpha value is -2.15. The van der Waals surface area contributed by atoms with Crippen LogP contribution < -0.4 is 5.32 Å². The lowest BCUT2D eigenvalue weighted by atomic mass is 9.95. The van der Waals surface area contributed by atoms with Crippen LogP contribution in [-0.2, 0) is 9.59 Å². The van der Waals surface area contributed by atoms with E-state index < -0.39 is 6.04 Å². The molecule has 7 heteroatoms. The number of carbonyl (C=O) groups is 2. The van der Waals surface area contributed by atoms with Crippen molar-refractivity contribution in [1.29, 1.82) is 0 Å². The Bertz CT molecular complexity index is 719. The van der Waals surface area contributed by atoms with Crippen LogP contribution in [0.15, 0.2) is 22.0 Å². The molecule has 3 rings (SSSR count). The van der Waals surface area contributed by atoms with Crippen molar-refractivity contribution in [2.24, 2.45) is 0 Å². The van der Waals surface area contributed by atoms with Crippen molar-refractivity contribution in [1.82, 2.24) is 15.4 Å². The van der Waals surface area contributed by atoms with E-state index in [-0.39, 0.29) is 17.7 Å². The monoisotopic (exact) mass is 347 g/mol. The zero-order valence-electron chi connectivity index (χ0n) is 14.0. The van der Waals surface area contributed by atoms with Crippen molar-refractivity contribution in [3.63, 3.8) is 0 Å². The molecule has 0 bridgehead atoms. The third-order valence-electron chi connectivity index (χ3n) is 4.41. The molecule has 24 heavy (non-hydrogen) atoms. The van der Waals surface area contributed by atoms with Crippen LogP contribution in [0, 0.1) is 13.8 Å². The summed E-state index contributed by atoms with van der Waals surface area (Å²) < 4.78 is 5.20. The lowest BCUT2D eigenvalue weighted by Gasteiger charge is -2.35. The molecule has 2 amide bonds. The van der Waals surface area contributed by atoms with Gasteiger partial charge in [-0.3, -0.25) is 9.59 Å². The van der Waals surface area contributed by atoms with Crippen LogP contribution in [0.2, 0.25) is 0 Å². The Kier molecular flexibility index (Phi) is 4.71. The number of hydrogen-bond acceptors (Lipinski definition) is 5. The van der Waals surface area contributed by atoms with Crippen LogP contribution in [0.1, 0.15) is 47.2 Å². The largest absolute Gasteiger partial charge is 0.361 e. The predicted octanol–water partition coefficient (Wildman–Crippen LogP) is 2.55. The summed E-state index contributed by atoms with van der Waals surface area (Å²) >= 11 is 1.50. The van der Waals surface area contributed by atoms with E-state index in [1.165, 1.54) is 11.3 Å². The highest BCUT2D eigenvalue weighted by Gasteiger charge is 2.35. The molecule has 3 heterocycles. The van der Waals surface area contributed by atoms with Crippen LogP contribution in [0.5, 0.6) is 0 Å². The Morgan fingerprint density at radius 1 is 1.54 bits per heavy atom. The number of aromatic nitrogens is 1. The van der Waals surface area contributed by atoms with Gasteiger partial charge in [0.05, 0.1) is 5.69 Å². The molecule has 2 aromatic heterocycles. The Balaban J connectivity index is 1.79. The molecule has 0 aliphatic carbocycles. The standard InChI is InChI=1S/C17H21N3O3S/c1-10(15-11(2)19-23-12(15)3)9-14(21)20-7-6-18-17(22)16(20)13-5-4-8-24-13/h4-5,8,10,16H,6-7,9H2,1-3H3,(H,18,22). The molecule has 1 aliphatic rings. The van der Waals surface area contributed by atoms with Crippen molar-refractivity contribution in [2.45, 2.75) is 39.2 Å². The summed E-state index contributed by atoms with van der Waals surface area (Å²) in [4.78, 5) is 27.8. The predicted molar refractivity (Wildman–Crippen MR) is 90.8 cm³/mol. The lowest BCUT2D eigenvalue weighted by Crippen LogP contribution is -2.52. The Labute approximate surface area is 144 Å². The second-order valence-corrected chi connectivity index (χ2v) is 7.12. The molecule has 1 aliphatic heterocycles. The molecule has 1 N–H and O–H groups in total. The Morgan fingerprint density at radius 3 is 2.96 bits per heavy atom. The van der Waals surface area contributed by atoms with Crippen molar-refractivity contribution >= 4 is 23.2 Å². The van der Waals surface area contributed by atoms with Crippen molar-refractivity contribution < 1.29 is 14.1 Å². The van der Waals surface area contributed by atoms with Crippen molar-refractivity contribution in [3.05, 3.63) is 39.4 Å². The van der Waals surface area contributed by atoms with E-state index >= 15 is 0 Å². The van der Waals surface area contributed by atoms with E-state index in [1.807, 2.05) is 38.3 Å². The van der Waals surface area contributed by atoms with E-state index in [0.29, 0.717) is 19.5 Å². The SMILES string of the molecule is Cc1noc(C)c1C(C)CC(=O)N1CCNC(=O)C1c1cccs1. The van der Waals surface area contributed by atoms with Crippen LogP contribution >= 0.6 is 11.3 Å². The highest BCUT2D eigenvalue weighted by Crippen LogP contribution is 2.31. The molecular formula is C17H21N3O3S. The molecule has 0 aromatic carbocycles. The maximum atomic E-state index is 12.9. The van der Waals surface area contributed by atoms with Crippen molar-refractivity contribution in [2.75, 3.05) is 13.1 Å². The van der Waals surface area contributed by atoms with Gasteiger partial charge in [-0.2, -0.15) is 0 Å². The topological polar surface area (TPSA) is 75.4 Å². The molecule has 128 valence electrons. The maximum Gasteiger partial charge on any atom is 0.248 e. The molecular weight excluding hydrogens is 326 g/mol. The summed E-state index contributed by atoms with van der Waals surface area (Å²) in [7, 11) is 0.